The maximum atomic E-state index is 11.4. The van der Waals surface area contributed by atoms with Crippen LogP contribution in [0, 0.1) is 6.92 Å². The van der Waals surface area contributed by atoms with Crippen molar-refractivity contribution in [1.82, 2.24) is 9.97 Å². The van der Waals surface area contributed by atoms with Crippen LogP contribution in [0.4, 0.5) is 0 Å². The molecule has 2 aromatic heterocycles. The molecule has 0 atom stereocenters. The monoisotopic (exact) mass is 576 g/mol. The minimum atomic E-state index is -0.311. The van der Waals surface area contributed by atoms with Gasteiger partial charge in [0.25, 0.3) is 0 Å². The topological polar surface area (TPSA) is 78.4 Å². The second-order valence-electron chi connectivity index (χ2n) is 7.68. The van der Waals surface area contributed by atoms with Crippen LogP contribution in [0.3, 0.4) is 0 Å². The Labute approximate surface area is 221 Å². The number of methoxy groups -OCH3 is 2. The number of benzene rings is 2. The molecule has 2 aromatic carbocycles. The molecule has 4 aromatic rings. The Balaban J connectivity index is 0.000000196. The fourth-order valence-electron chi connectivity index (χ4n) is 3.48. The van der Waals surface area contributed by atoms with Crippen molar-refractivity contribution >= 4 is 72.9 Å². The van der Waals surface area contributed by atoms with Crippen LogP contribution < -0.4 is 0 Å². The summed E-state index contributed by atoms with van der Waals surface area (Å²) in [4.78, 5) is 31.4. The number of alkyl halides is 1. The normalized spacial score (nSPS) is 10.6. The molecule has 0 saturated carbocycles. The van der Waals surface area contributed by atoms with Gasteiger partial charge in [0, 0.05) is 38.5 Å². The molecule has 2 heterocycles. The third kappa shape index (κ3) is 6.69. The third-order valence-corrected chi connectivity index (χ3v) is 6.64. The van der Waals surface area contributed by atoms with Gasteiger partial charge in [-0.05, 0) is 65.6 Å². The molecule has 0 spiro atoms. The first kappa shape index (κ1) is 26.9. The number of aromatic nitrogens is 2. The van der Waals surface area contributed by atoms with E-state index in [4.69, 9.17) is 23.2 Å². The molecule has 0 bridgehead atoms. The largest absolute Gasteiger partial charge is 0.469 e. The average Bonchev–Trinajstić information content (AvgIpc) is 2.87. The Kier molecular flexibility index (Phi) is 9.43. The lowest BCUT2D eigenvalue weighted by molar-refractivity contribution is -0.140. The highest BCUT2D eigenvalue weighted by molar-refractivity contribution is 9.08. The Morgan fingerprint density at radius 1 is 0.829 bits per heavy atom. The maximum Gasteiger partial charge on any atom is 0.310 e. The lowest BCUT2D eigenvalue weighted by atomic mass is 10.0. The first-order chi connectivity index (χ1) is 16.8. The highest BCUT2D eigenvalue weighted by atomic mass is 79.9. The van der Waals surface area contributed by atoms with Crippen molar-refractivity contribution in [3.63, 3.8) is 0 Å². The van der Waals surface area contributed by atoms with Gasteiger partial charge in [-0.2, -0.15) is 0 Å². The summed E-state index contributed by atoms with van der Waals surface area (Å²) < 4.78 is 9.36. The molecule has 0 saturated heterocycles. The molecule has 0 amide bonds. The third-order valence-electron chi connectivity index (χ3n) is 5.28. The van der Waals surface area contributed by atoms with E-state index in [0.29, 0.717) is 15.4 Å². The number of nitrogens with zero attached hydrogens (tertiary/aromatic N) is 2. The summed E-state index contributed by atoms with van der Waals surface area (Å²) in [6.07, 6.45) is 3.91. The van der Waals surface area contributed by atoms with Crippen molar-refractivity contribution in [2.75, 3.05) is 14.2 Å². The van der Waals surface area contributed by atoms with E-state index in [1.807, 2.05) is 31.2 Å². The number of fused-ring (bicyclic) bond motifs is 2. The van der Waals surface area contributed by atoms with Gasteiger partial charge in [-0.15, -0.1) is 0 Å². The molecule has 9 heteroatoms. The highest BCUT2D eigenvalue weighted by Gasteiger charge is 2.13. The van der Waals surface area contributed by atoms with E-state index >= 15 is 0 Å². The number of carbonyl (C=O) groups is 2. The molecule has 0 aliphatic rings. The van der Waals surface area contributed by atoms with Crippen molar-refractivity contribution in [1.29, 1.82) is 0 Å². The molecule has 0 aliphatic carbocycles. The Hall–Kier alpha value is -2.74. The van der Waals surface area contributed by atoms with E-state index in [1.54, 1.807) is 24.5 Å². The summed E-state index contributed by atoms with van der Waals surface area (Å²) in [7, 11) is 2.73. The average molecular weight is 578 g/mol. The van der Waals surface area contributed by atoms with E-state index < -0.39 is 0 Å². The number of pyridine rings is 2. The van der Waals surface area contributed by atoms with E-state index in [9.17, 15) is 9.59 Å². The van der Waals surface area contributed by atoms with Crippen LogP contribution in [0.2, 0.25) is 10.0 Å². The SMILES string of the molecule is COC(=O)Cc1c(Cl)ccc2ncc(C)cc12.COC(=O)Cc1c(Cl)ccc2ncc(CBr)cc12. The predicted octanol–water partition coefficient (Wildman–Crippen LogP) is 6.41. The lowest BCUT2D eigenvalue weighted by Gasteiger charge is -2.08. The van der Waals surface area contributed by atoms with Gasteiger partial charge in [-0.1, -0.05) is 39.1 Å². The minimum absolute atomic E-state index is 0.153. The fraction of sp³-hybridized carbons (Fsp3) is 0.231. The molecular weight excluding hydrogens is 555 g/mol. The standard InChI is InChI=1S/C13H11BrClNO2.C13H12ClNO2/c1-18-13(17)5-9-10-4-8(6-14)7-16-12(10)3-2-11(9)15;1-8-5-10-9(6-13(16)17-2)11(14)3-4-12(10)15-7-8/h2-4,7H,5-6H2,1H3;3-5,7H,6H2,1-2H3. The van der Waals surface area contributed by atoms with Crippen LogP contribution in [-0.2, 0) is 37.2 Å². The predicted molar refractivity (Wildman–Crippen MR) is 142 cm³/mol. The van der Waals surface area contributed by atoms with Gasteiger partial charge in [0.05, 0.1) is 38.1 Å². The molecule has 182 valence electrons. The zero-order valence-corrected chi connectivity index (χ0v) is 22.5. The summed E-state index contributed by atoms with van der Waals surface area (Å²) in [5.41, 5.74) is 5.26. The molecular formula is C26H23BrCl2N2O4. The molecule has 0 aliphatic heterocycles. The molecule has 35 heavy (non-hydrogen) atoms. The molecule has 0 radical (unpaired) electrons. The van der Waals surface area contributed by atoms with Crippen molar-refractivity contribution in [3.05, 3.63) is 81.1 Å². The summed E-state index contributed by atoms with van der Waals surface area (Å²) in [5, 5.41) is 3.63. The van der Waals surface area contributed by atoms with Gasteiger partial charge in [0.2, 0.25) is 0 Å². The van der Waals surface area contributed by atoms with E-state index in [0.717, 1.165) is 44.1 Å². The Morgan fingerprint density at radius 2 is 1.31 bits per heavy atom. The summed E-state index contributed by atoms with van der Waals surface area (Å²) in [6.45, 7) is 1.95. The second kappa shape index (κ2) is 12.3. The Bertz CT molecular complexity index is 1390. The second-order valence-corrected chi connectivity index (χ2v) is 9.06. The van der Waals surface area contributed by atoms with Crippen molar-refractivity contribution in [2.24, 2.45) is 0 Å². The molecule has 0 N–H and O–H groups in total. The van der Waals surface area contributed by atoms with Crippen LogP contribution >= 0.6 is 39.1 Å². The fourth-order valence-corrected chi connectivity index (χ4v) is 4.25. The molecule has 4 rings (SSSR count). The van der Waals surface area contributed by atoms with Crippen LogP contribution in [0.15, 0.2) is 48.8 Å². The number of hydrogen-bond acceptors (Lipinski definition) is 6. The summed E-state index contributed by atoms with van der Waals surface area (Å²) in [6, 6.07) is 11.2. The first-order valence-electron chi connectivity index (χ1n) is 10.6. The van der Waals surface area contributed by atoms with Gasteiger partial charge in [0.15, 0.2) is 0 Å². The van der Waals surface area contributed by atoms with E-state index in [2.05, 4.69) is 35.4 Å². The maximum absolute atomic E-state index is 11.4. The number of carbonyl (C=O) groups excluding carboxylic acids is 2. The van der Waals surface area contributed by atoms with Crippen molar-refractivity contribution in [2.45, 2.75) is 25.1 Å². The van der Waals surface area contributed by atoms with Crippen LogP contribution in [0.25, 0.3) is 21.8 Å². The number of halogens is 3. The van der Waals surface area contributed by atoms with Gasteiger partial charge in [-0.25, -0.2) is 0 Å². The van der Waals surface area contributed by atoms with Crippen LogP contribution in [-0.4, -0.2) is 36.1 Å². The van der Waals surface area contributed by atoms with Gasteiger partial charge >= 0.3 is 11.9 Å². The summed E-state index contributed by atoms with van der Waals surface area (Å²) in [5.74, 6) is -0.616. The number of hydrogen-bond donors (Lipinski definition) is 0. The summed E-state index contributed by atoms with van der Waals surface area (Å²) >= 11 is 15.7. The van der Waals surface area contributed by atoms with Crippen LogP contribution in [0.1, 0.15) is 22.3 Å². The van der Waals surface area contributed by atoms with Gasteiger partial charge < -0.3 is 9.47 Å². The van der Waals surface area contributed by atoms with Crippen molar-refractivity contribution in [3.8, 4) is 0 Å². The lowest BCUT2D eigenvalue weighted by Crippen LogP contribution is -2.05. The van der Waals surface area contributed by atoms with Gasteiger partial charge in [0.1, 0.15) is 0 Å². The first-order valence-corrected chi connectivity index (χ1v) is 12.4. The van der Waals surface area contributed by atoms with Crippen LogP contribution in [0.5, 0.6) is 0 Å². The molecule has 0 unspecified atom stereocenters. The zero-order chi connectivity index (χ0) is 25.5. The number of ether oxygens (including phenoxy) is 2. The van der Waals surface area contributed by atoms with Crippen molar-refractivity contribution < 1.29 is 19.1 Å². The van der Waals surface area contributed by atoms with E-state index in [1.165, 1.54) is 14.2 Å². The van der Waals surface area contributed by atoms with E-state index in [-0.39, 0.29) is 24.8 Å². The smallest absolute Gasteiger partial charge is 0.310 e. The van der Waals surface area contributed by atoms with Gasteiger partial charge in [-0.3, -0.25) is 19.6 Å². The Morgan fingerprint density at radius 3 is 1.80 bits per heavy atom. The highest BCUT2D eigenvalue weighted by Crippen LogP contribution is 2.28. The minimum Gasteiger partial charge on any atom is -0.469 e. The molecule has 6 nitrogen and oxygen atoms in total. The number of esters is 2. The number of aryl methyl sites for hydroxylation is 1. The number of rotatable bonds is 5. The quantitative estimate of drug-likeness (QED) is 0.201. The zero-order valence-electron chi connectivity index (χ0n) is 19.4. The molecule has 0 fully saturated rings.